The maximum Gasteiger partial charge on any atom is 0.238 e. The van der Waals surface area contributed by atoms with Crippen molar-refractivity contribution >= 4 is 11.6 Å². The Morgan fingerprint density at radius 3 is 2.59 bits per heavy atom. The van der Waals surface area contributed by atoms with Crippen molar-refractivity contribution in [2.45, 2.75) is 32.5 Å². The Morgan fingerprint density at radius 2 is 1.91 bits per heavy atom. The molecule has 168 valence electrons. The van der Waals surface area contributed by atoms with Gasteiger partial charge in [-0.05, 0) is 66.1 Å². The Hall–Kier alpha value is -3.24. The van der Waals surface area contributed by atoms with Gasteiger partial charge in [0.2, 0.25) is 5.91 Å². The molecule has 2 aromatic carbocycles. The predicted octanol–water partition coefficient (Wildman–Crippen LogP) is 2.87. The predicted molar refractivity (Wildman–Crippen MR) is 113 cm³/mol. The molecule has 4 rings (SSSR count). The summed E-state index contributed by atoms with van der Waals surface area (Å²) in [4.78, 5) is 14.5. The van der Waals surface area contributed by atoms with Gasteiger partial charge in [-0.1, -0.05) is 12.1 Å². The first-order valence-corrected chi connectivity index (χ1v) is 10.4. The van der Waals surface area contributed by atoms with Crippen molar-refractivity contribution in [3.8, 4) is 5.69 Å². The Kier molecular flexibility index (Phi) is 6.81. The number of carbonyl (C=O) groups is 1. The summed E-state index contributed by atoms with van der Waals surface area (Å²) in [5, 5.41) is 13.9. The van der Waals surface area contributed by atoms with Crippen molar-refractivity contribution in [1.82, 2.24) is 25.1 Å². The van der Waals surface area contributed by atoms with E-state index in [1.54, 1.807) is 25.1 Å². The molecule has 1 saturated heterocycles. The van der Waals surface area contributed by atoms with Gasteiger partial charge < -0.3 is 10.1 Å². The first-order valence-electron chi connectivity index (χ1n) is 10.4. The molecule has 3 aromatic rings. The number of aromatic nitrogens is 4. The highest BCUT2D eigenvalue weighted by molar-refractivity contribution is 5.92. The minimum absolute atomic E-state index is 0.0833. The molecule has 0 atom stereocenters. The average Bonchev–Trinajstić information content (AvgIpc) is 3.22. The van der Waals surface area contributed by atoms with E-state index in [0.29, 0.717) is 31.2 Å². The summed E-state index contributed by atoms with van der Waals surface area (Å²) in [6, 6.07) is 10.6. The Labute approximate surface area is 184 Å². The standard InChI is InChI=1S/C22H24F2N6O2/c1-15-26-27-28-30(15)18-6-7-20(24)21(12-18)25-22(31)13-29-10-8-19(9-11-29)32-14-16-2-4-17(23)5-3-16/h2-7,12,19H,8-11,13-14H2,1H3,(H,25,31). The zero-order valence-corrected chi connectivity index (χ0v) is 17.7. The first-order chi connectivity index (χ1) is 15.5. The van der Waals surface area contributed by atoms with E-state index in [4.69, 9.17) is 4.74 Å². The summed E-state index contributed by atoms with van der Waals surface area (Å²) < 4.78 is 34.6. The molecule has 0 aliphatic carbocycles. The van der Waals surface area contributed by atoms with E-state index in [1.165, 1.54) is 28.9 Å². The largest absolute Gasteiger partial charge is 0.373 e. The molecule has 1 fully saturated rings. The lowest BCUT2D eigenvalue weighted by Gasteiger charge is -2.31. The van der Waals surface area contributed by atoms with Crippen LogP contribution in [0.15, 0.2) is 42.5 Å². The maximum atomic E-state index is 14.2. The number of piperidine rings is 1. The zero-order chi connectivity index (χ0) is 22.5. The highest BCUT2D eigenvalue weighted by Gasteiger charge is 2.22. The van der Waals surface area contributed by atoms with Crippen molar-refractivity contribution in [3.63, 3.8) is 0 Å². The molecule has 32 heavy (non-hydrogen) atoms. The quantitative estimate of drug-likeness (QED) is 0.606. The van der Waals surface area contributed by atoms with Crippen LogP contribution in [0.5, 0.6) is 0 Å². The molecule has 10 heteroatoms. The monoisotopic (exact) mass is 442 g/mol. The molecule has 0 unspecified atom stereocenters. The van der Waals surface area contributed by atoms with Gasteiger partial charge in [0.25, 0.3) is 0 Å². The van der Waals surface area contributed by atoms with E-state index in [2.05, 4.69) is 20.8 Å². The summed E-state index contributed by atoms with van der Waals surface area (Å²) in [6.45, 7) is 3.73. The van der Waals surface area contributed by atoms with Gasteiger partial charge in [-0.2, -0.15) is 4.68 Å². The normalized spacial score (nSPS) is 15.1. The third-order valence-electron chi connectivity index (χ3n) is 5.39. The number of anilines is 1. The van der Waals surface area contributed by atoms with Gasteiger partial charge in [-0.3, -0.25) is 9.69 Å². The molecule has 0 bridgehead atoms. The fraction of sp³-hybridized carbons (Fsp3) is 0.364. The summed E-state index contributed by atoms with van der Waals surface area (Å²) >= 11 is 0. The molecule has 1 amide bonds. The number of nitrogens with zero attached hydrogens (tertiary/aromatic N) is 5. The van der Waals surface area contributed by atoms with E-state index < -0.39 is 5.82 Å². The van der Waals surface area contributed by atoms with Gasteiger partial charge in [0, 0.05) is 13.1 Å². The van der Waals surface area contributed by atoms with E-state index >= 15 is 0 Å². The van der Waals surface area contributed by atoms with Crippen LogP contribution in [0, 0.1) is 18.6 Å². The van der Waals surface area contributed by atoms with Crippen LogP contribution in [-0.4, -0.2) is 56.8 Å². The molecular formula is C22H24F2N6O2. The Morgan fingerprint density at radius 1 is 1.16 bits per heavy atom. The van der Waals surface area contributed by atoms with Gasteiger partial charge in [0.1, 0.15) is 11.6 Å². The minimum atomic E-state index is -0.527. The fourth-order valence-electron chi connectivity index (χ4n) is 3.63. The minimum Gasteiger partial charge on any atom is -0.373 e. The number of benzene rings is 2. The van der Waals surface area contributed by atoms with Crippen LogP contribution in [0.2, 0.25) is 0 Å². The summed E-state index contributed by atoms with van der Waals surface area (Å²) in [6.07, 6.45) is 1.67. The number of likely N-dealkylation sites (tertiary alicyclic amines) is 1. The summed E-state index contributed by atoms with van der Waals surface area (Å²) in [7, 11) is 0. The van der Waals surface area contributed by atoms with Crippen LogP contribution < -0.4 is 5.32 Å². The smallest absolute Gasteiger partial charge is 0.238 e. The fourth-order valence-corrected chi connectivity index (χ4v) is 3.63. The van der Waals surface area contributed by atoms with Crippen LogP contribution in [0.1, 0.15) is 24.2 Å². The lowest BCUT2D eigenvalue weighted by atomic mass is 10.1. The zero-order valence-electron chi connectivity index (χ0n) is 17.7. The second-order valence-electron chi connectivity index (χ2n) is 7.76. The molecule has 8 nitrogen and oxygen atoms in total. The molecule has 1 N–H and O–H groups in total. The highest BCUT2D eigenvalue weighted by Crippen LogP contribution is 2.20. The van der Waals surface area contributed by atoms with Gasteiger partial charge in [-0.25, -0.2) is 8.78 Å². The van der Waals surface area contributed by atoms with E-state index in [0.717, 1.165) is 18.4 Å². The number of nitrogens with one attached hydrogen (secondary N) is 1. The molecule has 0 radical (unpaired) electrons. The first kappa shape index (κ1) is 22.0. The van der Waals surface area contributed by atoms with Crippen molar-refractivity contribution in [2.24, 2.45) is 0 Å². The molecule has 1 aliphatic heterocycles. The maximum absolute atomic E-state index is 14.2. The number of rotatable bonds is 7. The van der Waals surface area contributed by atoms with Gasteiger partial charge in [0.15, 0.2) is 5.82 Å². The second kappa shape index (κ2) is 9.92. The van der Waals surface area contributed by atoms with Crippen LogP contribution in [0.4, 0.5) is 14.5 Å². The lowest BCUT2D eigenvalue weighted by Crippen LogP contribution is -2.41. The molecule has 2 heterocycles. The number of aryl methyl sites for hydroxylation is 1. The number of amides is 1. The molecule has 1 aromatic heterocycles. The topological polar surface area (TPSA) is 85.2 Å². The van der Waals surface area contributed by atoms with Crippen molar-refractivity contribution in [2.75, 3.05) is 25.0 Å². The van der Waals surface area contributed by atoms with E-state index in [-0.39, 0.29) is 30.1 Å². The van der Waals surface area contributed by atoms with Crippen LogP contribution in [0.3, 0.4) is 0 Å². The number of ether oxygens (including phenoxy) is 1. The van der Waals surface area contributed by atoms with Gasteiger partial charge in [-0.15, -0.1) is 5.10 Å². The van der Waals surface area contributed by atoms with E-state index in [9.17, 15) is 13.6 Å². The highest BCUT2D eigenvalue weighted by atomic mass is 19.1. The van der Waals surface area contributed by atoms with Crippen molar-refractivity contribution < 1.29 is 18.3 Å². The number of hydrogen-bond acceptors (Lipinski definition) is 6. The van der Waals surface area contributed by atoms with Crippen molar-refractivity contribution in [3.05, 3.63) is 65.5 Å². The molecular weight excluding hydrogens is 418 g/mol. The van der Waals surface area contributed by atoms with Gasteiger partial charge in [0.05, 0.1) is 30.6 Å². The van der Waals surface area contributed by atoms with Crippen LogP contribution in [-0.2, 0) is 16.1 Å². The molecule has 0 saturated carbocycles. The third kappa shape index (κ3) is 5.51. The number of tetrazole rings is 1. The number of hydrogen-bond donors (Lipinski definition) is 1. The Balaban J connectivity index is 1.25. The van der Waals surface area contributed by atoms with Crippen LogP contribution >= 0.6 is 0 Å². The van der Waals surface area contributed by atoms with Crippen molar-refractivity contribution in [1.29, 1.82) is 0 Å². The number of halogens is 2. The number of carbonyl (C=O) groups excluding carboxylic acids is 1. The SMILES string of the molecule is Cc1nnnn1-c1ccc(F)c(NC(=O)CN2CCC(OCc3ccc(F)cc3)CC2)c1. The van der Waals surface area contributed by atoms with Crippen LogP contribution in [0.25, 0.3) is 5.69 Å². The average molecular weight is 442 g/mol. The third-order valence-corrected chi connectivity index (χ3v) is 5.39. The molecule has 1 aliphatic rings. The van der Waals surface area contributed by atoms with Gasteiger partial charge >= 0.3 is 0 Å². The Bertz CT molecular complexity index is 1060. The second-order valence-corrected chi connectivity index (χ2v) is 7.76. The van der Waals surface area contributed by atoms with E-state index in [1.807, 2.05) is 4.90 Å². The lowest BCUT2D eigenvalue weighted by molar-refractivity contribution is -0.118. The molecule has 0 spiro atoms. The summed E-state index contributed by atoms with van der Waals surface area (Å²) in [5.41, 5.74) is 1.57. The summed E-state index contributed by atoms with van der Waals surface area (Å²) in [5.74, 6) is -0.531.